The first-order chi connectivity index (χ1) is 15.8. The molecule has 9 heteroatoms. The first-order valence-corrected chi connectivity index (χ1v) is 16.9. The maximum Gasteiger partial charge on any atom is 0.459 e. The minimum absolute atomic E-state index is 0.0918. The Morgan fingerprint density at radius 1 is 1.18 bits per heavy atom. The van der Waals surface area contributed by atoms with E-state index in [9.17, 15) is 4.79 Å². The molecule has 0 aromatic carbocycles. The summed E-state index contributed by atoms with van der Waals surface area (Å²) in [6.07, 6.45) is 4.61. The number of fused-ring (bicyclic) bond motifs is 1. The van der Waals surface area contributed by atoms with Gasteiger partial charge < -0.3 is 28.8 Å². The van der Waals surface area contributed by atoms with E-state index in [4.69, 9.17) is 23.5 Å². The Bertz CT molecular complexity index is 640. The van der Waals surface area contributed by atoms with Crippen LogP contribution in [0.1, 0.15) is 67.2 Å². The molecule has 0 aromatic rings. The molecule has 0 unspecified atom stereocenters. The van der Waals surface area contributed by atoms with Crippen LogP contribution in [-0.2, 0) is 23.5 Å². The molecule has 2 fully saturated rings. The molecule has 0 radical (unpaired) electrons. The third kappa shape index (κ3) is 9.45. The van der Waals surface area contributed by atoms with Crippen molar-refractivity contribution in [2.45, 2.75) is 123 Å². The second kappa shape index (κ2) is 12.6. The average molecular weight is 500 g/mol. The van der Waals surface area contributed by atoms with Crippen LogP contribution in [0, 0.1) is 11.8 Å². The quantitative estimate of drug-likeness (QED) is 0.210. The normalized spacial score (nSPS) is 28.5. The van der Waals surface area contributed by atoms with Gasteiger partial charge in [-0.3, -0.25) is 0 Å². The van der Waals surface area contributed by atoms with E-state index < -0.39 is 19.8 Å². The highest BCUT2D eigenvalue weighted by atomic mass is 28.3. The number of ether oxygens (including phenoxy) is 3. The summed E-state index contributed by atoms with van der Waals surface area (Å²) in [5, 5.41) is 2.96. The summed E-state index contributed by atoms with van der Waals surface area (Å²) in [5.41, 5.74) is -0.843. The average Bonchev–Trinajstić information content (AvgIpc) is 3.02. The van der Waals surface area contributed by atoms with E-state index in [2.05, 4.69) is 45.7 Å². The maximum absolute atomic E-state index is 12.5. The van der Waals surface area contributed by atoms with Crippen LogP contribution in [0.15, 0.2) is 0 Å². The molecule has 0 bridgehead atoms. The number of rotatable bonds is 12. The van der Waals surface area contributed by atoms with Crippen LogP contribution in [0.5, 0.6) is 0 Å². The fourth-order valence-corrected chi connectivity index (χ4v) is 5.72. The molecule has 0 aromatic heterocycles. The summed E-state index contributed by atoms with van der Waals surface area (Å²) >= 11 is 0. The molecule has 34 heavy (non-hydrogen) atoms. The summed E-state index contributed by atoms with van der Waals surface area (Å²) in [4.78, 5) is 12.5. The first-order valence-electron chi connectivity index (χ1n) is 13.2. The van der Waals surface area contributed by atoms with Gasteiger partial charge in [-0.05, 0) is 58.4 Å². The molecule has 1 aliphatic heterocycles. The van der Waals surface area contributed by atoms with Gasteiger partial charge >= 0.3 is 13.2 Å². The molecule has 1 saturated heterocycles. The van der Waals surface area contributed by atoms with Gasteiger partial charge in [0.05, 0.1) is 24.4 Å². The van der Waals surface area contributed by atoms with Crippen molar-refractivity contribution in [1.29, 1.82) is 0 Å². The Morgan fingerprint density at radius 3 is 2.47 bits per heavy atom. The second-order valence-corrected chi connectivity index (χ2v) is 18.1. The van der Waals surface area contributed by atoms with Crippen LogP contribution in [0.25, 0.3) is 0 Å². The van der Waals surface area contributed by atoms with Crippen LogP contribution in [0.2, 0.25) is 32.0 Å². The van der Waals surface area contributed by atoms with Crippen LogP contribution in [0.4, 0.5) is 4.79 Å². The van der Waals surface area contributed by atoms with Crippen molar-refractivity contribution in [2.75, 3.05) is 20.0 Å². The number of hydrogen-bond acceptors (Lipinski definition) is 6. The smallest absolute Gasteiger partial charge is 0.444 e. The first kappa shape index (κ1) is 29.6. The predicted molar refractivity (Wildman–Crippen MR) is 140 cm³/mol. The topological polar surface area (TPSA) is 75.2 Å². The Morgan fingerprint density at radius 2 is 1.88 bits per heavy atom. The number of amides is 1. The third-order valence-corrected chi connectivity index (χ3v) is 8.77. The van der Waals surface area contributed by atoms with Crippen LogP contribution >= 0.6 is 0 Å². The zero-order chi connectivity index (χ0) is 25.6. The number of hydrogen-bond donors (Lipinski definition) is 1. The molecule has 2 aliphatic rings. The highest BCUT2D eigenvalue weighted by molar-refractivity contribution is 6.76. The minimum Gasteiger partial charge on any atom is -0.444 e. The molecule has 198 valence electrons. The molecule has 1 amide bonds. The molecule has 5 atom stereocenters. The van der Waals surface area contributed by atoms with Crippen molar-refractivity contribution in [2.24, 2.45) is 11.8 Å². The van der Waals surface area contributed by atoms with Crippen molar-refractivity contribution in [3.05, 3.63) is 0 Å². The molecule has 0 spiro atoms. The lowest BCUT2D eigenvalue weighted by Gasteiger charge is -2.45. The van der Waals surface area contributed by atoms with Gasteiger partial charge in [-0.15, -0.1) is 0 Å². The summed E-state index contributed by atoms with van der Waals surface area (Å²) in [6, 6.07) is 0.794. The van der Waals surface area contributed by atoms with E-state index in [1.165, 1.54) is 12.8 Å². The van der Waals surface area contributed by atoms with Crippen molar-refractivity contribution in [3.8, 4) is 0 Å². The summed E-state index contributed by atoms with van der Waals surface area (Å²) in [7, 11) is -1.51. The van der Waals surface area contributed by atoms with Crippen molar-refractivity contribution < 1.29 is 28.3 Å². The van der Waals surface area contributed by atoms with E-state index in [-0.39, 0.29) is 31.7 Å². The Hall–Kier alpha value is -0.608. The molecular formula is C25H50BNO6Si. The van der Waals surface area contributed by atoms with Gasteiger partial charge in [-0.1, -0.05) is 46.3 Å². The summed E-state index contributed by atoms with van der Waals surface area (Å²) in [6.45, 7) is 20.5. The molecular weight excluding hydrogens is 449 g/mol. The zero-order valence-corrected chi connectivity index (χ0v) is 24.2. The van der Waals surface area contributed by atoms with Gasteiger partial charge in [-0.2, -0.15) is 0 Å². The highest BCUT2D eigenvalue weighted by Gasteiger charge is 2.55. The third-order valence-electron chi connectivity index (χ3n) is 7.07. The van der Waals surface area contributed by atoms with E-state index in [1.54, 1.807) is 0 Å². The maximum atomic E-state index is 12.5. The molecule has 1 N–H and O–H groups in total. The zero-order valence-electron chi connectivity index (χ0n) is 23.2. The fourth-order valence-electron chi connectivity index (χ4n) is 4.96. The Kier molecular flexibility index (Phi) is 11.0. The lowest BCUT2D eigenvalue weighted by Crippen LogP contribution is -2.49. The van der Waals surface area contributed by atoms with E-state index in [0.717, 1.165) is 18.9 Å². The Labute approximate surface area is 209 Å². The predicted octanol–water partition coefficient (Wildman–Crippen LogP) is 5.72. The van der Waals surface area contributed by atoms with Crippen molar-refractivity contribution in [1.82, 2.24) is 5.32 Å². The van der Waals surface area contributed by atoms with Gasteiger partial charge in [0, 0.05) is 21.0 Å². The molecule has 1 aliphatic carbocycles. The van der Waals surface area contributed by atoms with Gasteiger partial charge in [0.25, 0.3) is 0 Å². The largest absolute Gasteiger partial charge is 0.459 e. The van der Waals surface area contributed by atoms with E-state index in [1.807, 2.05) is 20.8 Å². The lowest BCUT2D eigenvalue weighted by molar-refractivity contribution is -0.0563. The van der Waals surface area contributed by atoms with E-state index in [0.29, 0.717) is 31.4 Å². The molecule has 2 rings (SSSR count). The Balaban J connectivity index is 1.95. The van der Waals surface area contributed by atoms with Crippen molar-refractivity contribution in [3.63, 3.8) is 0 Å². The number of carbonyl (C=O) groups is 1. The number of carbonyl (C=O) groups excluding carboxylic acids is 1. The summed E-state index contributed by atoms with van der Waals surface area (Å²) in [5.74, 6) is 1.16. The van der Waals surface area contributed by atoms with Crippen LogP contribution < -0.4 is 5.32 Å². The fraction of sp³-hybridized carbons (Fsp3) is 0.960. The minimum atomic E-state index is -1.14. The molecule has 1 heterocycles. The van der Waals surface area contributed by atoms with Gasteiger partial charge in [0.15, 0.2) is 0 Å². The monoisotopic (exact) mass is 499 g/mol. The second-order valence-electron chi connectivity index (χ2n) is 12.5. The van der Waals surface area contributed by atoms with Gasteiger partial charge in [0.2, 0.25) is 0 Å². The lowest BCUT2D eigenvalue weighted by atomic mass is 9.68. The van der Waals surface area contributed by atoms with Crippen molar-refractivity contribution >= 4 is 21.3 Å². The number of nitrogens with one attached hydrogen (secondary N) is 1. The van der Waals surface area contributed by atoms with Gasteiger partial charge in [-0.25, -0.2) is 4.79 Å². The van der Waals surface area contributed by atoms with Crippen LogP contribution in [-0.4, -0.2) is 64.6 Å². The molecule has 7 nitrogen and oxygen atoms in total. The summed E-state index contributed by atoms with van der Waals surface area (Å²) < 4.78 is 29.9. The standard InChI is InChI=1S/C25H50BNO6Si/c1-10-19-14-20(11-2)25(6)22(15-19)32-26(33-25)16-21(27-23(28)31-24(3,4)5)17-30-18-29-12-13-34(7,8)9/h19-22H,10-18H2,1-9H3,(H,27,28)/t19-,20+,21+,22+,25-/m1/s1. The SMILES string of the molecule is CC[C@@H]1C[C@H](CC)[C@@]2(C)OB(C[C@@H](COCOCC[Si](C)(C)C)NC(=O)OC(C)(C)C)O[C@H]2C1. The highest BCUT2D eigenvalue weighted by Crippen LogP contribution is 2.48. The van der Waals surface area contributed by atoms with Crippen LogP contribution in [0.3, 0.4) is 0 Å². The molecule has 1 saturated carbocycles. The number of alkyl carbamates (subject to hydrolysis) is 1. The van der Waals surface area contributed by atoms with E-state index >= 15 is 0 Å². The van der Waals surface area contributed by atoms with Gasteiger partial charge in [0.1, 0.15) is 12.4 Å².